The molecular weight excluding hydrogens is 252 g/mol. The Kier molecular flexibility index (Phi) is 6.11. The molecule has 0 aromatic heterocycles. The molecule has 0 bridgehead atoms. The van der Waals surface area contributed by atoms with Gasteiger partial charge in [0, 0.05) is 6.04 Å². The van der Waals surface area contributed by atoms with Gasteiger partial charge in [0.1, 0.15) is 6.54 Å². The number of carbonyl (C=O) groups excluding carboxylic acids is 2. The average molecular weight is 272 g/mol. The monoisotopic (exact) mass is 272 g/mol. The van der Waals surface area contributed by atoms with E-state index in [0.717, 1.165) is 19.3 Å². The van der Waals surface area contributed by atoms with Gasteiger partial charge < -0.3 is 20.5 Å². The van der Waals surface area contributed by atoms with Crippen molar-refractivity contribution in [2.75, 3.05) is 13.7 Å². The maximum absolute atomic E-state index is 11.6. The highest BCUT2D eigenvalue weighted by atomic mass is 16.5. The Morgan fingerprint density at radius 3 is 2.53 bits per heavy atom. The highest BCUT2D eigenvalue weighted by Gasteiger charge is 2.30. The molecule has 2 amide bonds. The van der Waals surface area contributed by atoms with Crippen LogP contribution in [0.5, 0.6) is 0 Å². The lowest BCUT2D eigenvalue weighted by Gasteiger charge is -2.22. The molecule has 1 saturated carbocycles. The number of carboxylic acids is 1. The second-order valence-corrected chi connectivity index (χ2v) is 4.59. The molecule has 0 spiro atoms. The number of methoxy groups -OCH3 is 1. The summed E-state index contributed by atoms with van der Waals surface area (Å²) >= 11 is 0. The van der Waals surface area contributed by atoms with Gasteiger partial charge in [-0.15, -0.1) is 0 Å². The summed E-state index contributed by atoms with van der Waals surface area (Å²) in [7, 11) is 1.23. The van der Waals surface area contributed by atoms with Crippen LogP contribution in [0.1, 0.15) is 32.1 Å². The highest BCUT2D eigenvalue weighted by Crippen LogP contribution is 2.23. The number of hydrogen-bond acceptors (Lipinski definition) is 4. The Morgan fingerprint density at radius 1 is 1.21 bits per heavy atom. The van der Waals surface area contributed by atoms with Crippen molar-refractivity contribution < 1.29 is 24.2 Å². The van der Waals surface area contributed by atoms with E-state index in [1.165, 1.54) is 7.11 Å². The van der Waals surface area contributed by atoms with E-state index in [-0.39, 0.29) is 6.54 Å². The molecule has 3 N–H and O–H groups in total. The smallest absolute Gasteiger partial charge is 0.325 e. The van der Waals surface area contributed by atoms with Crippen molar-refractivity contribution in [3.8, 4) is 0 Å². The van der Waals surface area contributed by atoms with Crippen LogP contribution in [0.2, 0.25) is 0 Å². The van der Waals surface area contributed by atoms with Crippen LogP contribution in [0, 0.1) is 5.92 Å². The third-order valence-electron chi connectivity index (χ3n) is 3.27. The molecule has 2 unspecified atom stereocenters. The lowest BCUT2D eigenvalue weighted by molar-refractivity contribution is -0.143. The van der Waals surface area contributed by atoms with Gasteiger partial charge in [-0.25, -0.2) is 4.79 Å². The number of rotatable bonds is 4. The first kappa shape index (κ1) is 15.3. The quantitative estimate of drug-likeness (QED) is 0.510. The fraction of sp³-hybridized carbons (Fsp3) is 0.750. The number of carboxylic acid groups (broad SMARTS) is 1. The number of aliphatic carboxylic acids is 1. The van der Waals surface area contributed by atoms with Crippen molar-refractivity contribution in [1.82, 2.24) is 10.6 Å². The van der Waals surface area contributed by atoms with Gasteiger partial charge in [-0.05, 0) is 12.8 Å². The van der Waals surface area contributed by atoms with Gasteiger partial charge in [0.05, 0.1) is 13.0 Å². The summed E-state index contributed by atoms with van der Waals surface area (Å²) < 4.78 is 4.39. The summed E-state index contributed by atoms with van der Waals surface area (Å²) in [4.78, 5) is 33.6. The first-order valence-electron chi connectivity index (χ1n) is 6.38. The molecule has 108 valence electrons. The Morgan fingerprint density at radius 2 is 1.89 bits per heavy atom. The number of amides is 2. The Labute approximate surface area is 111 Å². The molecule has 0 aliphatic heterocycles. The zero-order valence-electron chi connectivity index (χ0n) is 11.0. The number of ether oxygens (including phenoxy) is 1. The summed E-state index contributed by atoms with van der Waals surface area (Å²) in [6.07, 6.45) is 3.94. The molecule has 19 heavy (non-hydrogen) atoms. The SMILES string of the molecule is COC(=O)CNC(=O)NC1CCCCCC1C(=O)O. The maximum atomic E-state index is 11.6. The Hall–Kier alpha value is -1.79. The number of esters is 1. The van der Waals surface area contributed by atoms with Crippen LogP contribution < -0.4 is 10.6 Å². The minimum atomic E-state index is -0.889. The van der Waals surface area contributed by atoms with E-state index in [4.69, 9.17) is 5.11 Å². The predicted molar refractivity (Wildman–Crippen MR) is 66.5 cm³/mol. The van der Waals surface area contributed by atoms with Crippen molar-refractivity contribution in [1.29, 1.82) is 0 Å². The van der Waals surface area contributed by atoms with E-state index in [1.54, 1.807) is 0 Å². The molecule has 0 saturated heterocycles. The van der Waals surface area contributed by atoms with Gasteiger partial charge in [-0.2, -0.15) is 0 Å². The second kappa shape index (κ2) is 7.60. The number of hydrogen-bond donors (Lipinski definition) is 3. The van der Waals surface area contributed by atoms with Crippen LogP contribution in [-0.4, -0.2) is 42.8 Å². The number of urea groups is 1. The first-order chi connectivity index (χ1) is 9.04. The van der Waals surface area contributed by atoms with Crippen molar-refractivity contribution in [2.45, 2.75) is 38.1 Å². The standard InChI is InChI=1S/C12H20N2O5/c1-19-10(15)7-13-12(18)14-9-6-4-2-3-5-8(9)11(16)17/h8-9H,2-7H2,1H3,(H,16,17)(H2,13,14,18). The van der Waals surface area contributed by atoms with Gasteiger partial charge in [0.2, 0.25) is 0 Å². The van der Waals surface area contributed by atoms with Gasteiger partial charge >= 0.3 is 18.0 Å². The minimum Gasteiger partial charge on any atom is -0.481 e. The normalized spacial score (nSPS) is 23.0. The fourth-order valence-electron chi connectivity index (χ4n) is 2.22. The van der Waals surface area contributed by atoms with Crippen LogP contribution in [0.4, 0.5) is 4.79 Å². The van der Waals surface area contributed by atoms with Crippen molar-refractivity contribution in [3.63, 3.8) is 0 Å². The molecule has 1 fully saturated rings. The maximum Gasteiger partial charge on any atom is 0.325 e. The molecule has 0 aromatic carbocycles. The lowest BCUT2D eigenvalue weighted by atomic mass is 9.95. The van der Waals surface area contributed by atoms with E-state index in [1.807, 2.05) is 0 Å². The molecule has 2 atom stereocenters. The van der Waals surface area contributed by atoms with Crippen molar-refractivity contribution in [3.05, 3.63) is 0 Å². The van der Waals surface area contributed by atoms with E-state index in [9.17, 15) is 14.4 Å². The fourth-order valence-corrected chi connectivity index (χ4v) is 2.22. The Bertz CT molecular complexity index is 345. The summed E-state index contributed by atoms with van der Waals surface area (Å²) in [5.74, 6) is -2.00. The minimum absolute atomic E-state index is 0.229. The third-order valence-corrected chi connectivity index (χ3v) is 3.27. The summed E-state index contributed by atoms with van der Waals surface area (Å²) in [6.45, 7) is -0.229. The summed E-state index contributed by atoms with van der Waals surface area (Å²) in [5, 5.41) is 14.1. The van der Waals surface area contributed by atoms with E-state index < -0.39 is 29.9 Å². The van der Waals surface area contributed by atoms with Crippen molar-refractivity contribution in [2.24, 2.45) is 5.92 Å². The topological polar surface area (TPSA) is 105 Å². The molecule has 7 heteroatoms. The van der Waals surface area contributed by atoms with E-state index in [2.05, 4.69) is 15.4 Å². The van der Waals surface area contributed by atoms with Gasteiger partial charge in [-0.1, -0.05) is 19.3 Å². The van der Waals surface area contributed by atoms with Crippen LogP contribution >= 0.6 is 0 Å². The molecule has 1 rings (SSSR count). The number of carbonyl (C=O) groups is 3. The molecule has 1 aliphatic carbocycles. The number of nitrogens with one attached hydrogen (secondary N) is 2. The average Bonchev–Trinajstić information content (AvgIpc) is 2.61. The summed E-state index contributed by atoms with van der Waals surface area (Å²) in [5.41, 5.74) is 0. The van der Waals surface area contributed by atoms with Crippen LogP contribution in [0.15, 0.2) is 0 Å². The zero-order chi connectivity index (χ0) is 14.3. The second-order valence-electron chi connectivity index (χ2n) is 4.59. The van der Waals surface area contributed by atoms with Crippen molar-refractivity contribution >= 4 is 18.0 Å². The summed E-state index contributed by atoms with van der Waals surface area (Å²) in [6, 6.07) is -0.929. The van der Waals surface area contributed by atoms with Gasteiger partial charge in [0.15, 0.2) is 0 Å². The van der Waals surface area contributed by atoms with Gasteiger partial charge in [0.25, 0.3) is 0 Å². The van der Waals surface area contributed by atoms with Crippen LogP contribution in [0.25, 0.3) is 0 Å². The van der Waals surface area contributed by atoms with E-state index in [0.29, 0.717) is 12.8 Å². The first-order valence-corrected chi connectivity index (χ1v) is 6.38. The molecule has 0 radical (unpaired) electrons. The van der Waals surface area contributed by atoms with E-state index >= 15 is 0 Å². The molecule has 0 heterocycles. The zero-order valence-corrected chi connectivity index (χ0v) is 11.0. The molecule has 1 aliphatic rings. The molecule has 0 aromatic rings. The molecular formula is C12H20N2O5. The Balaban J connectivity index is 2.49. The third kappa shape index (κ3) is 5.15. The van der Waals surface area contributed by atoms with Crippen LogP contribution in [0.3, 0.4) is 0 Å². The highest BCUT2D eigenvalue weighted by molar-refractivity contribution is 5.81. The largest absolute Gasteiger partial charge is 0.481 e. The molecule has 7 nitrogen and oxygen atoms in total. The van der Waals surface area contributed by atoms with Gasteiger partial charge in [-0.3, -0.25) is 9.59 Å². The van der Waals surface area contributed by atoms with Crippen LogP contribution in [-0.2, 0) is 14.3 Å². The lowest BCUT2D eigenvalue weighted by Crippen LogP contribution is -2.48. The predicted octanol–water partition coefficient (Wildman–Crippen LogP) is 0.492.